The molecule has 0 saturated carbocycles. The van der Waals surface area contributed by atoms with Gasteiger partial charge in [-0.15, -0.1) is 0 Å². The van der Waals surface area contributed by atoms with Gasteiger partial charge in [-0.2, -0.15) is 28.1 Å². The molecule has 5 heterocycles. The van der Waals surface area contributed by atoms with Crippen LogP contribution in [0.15, 0.2) is 48.5 Å². The average Bonchev–Trinajstić information content (AvgIpc) is 2.91. The van der Waals surface area contributed by atoms with Crippen LogP contribution in [0.4, 0.5) is 30.8 Å². The van der Waals surface area contributed by atoms with Gasteiger partial charge in [0.2, 0.25) is 11.9 Å². The number of nitrogens with zero attached hydrogens (tertiary/aromatic N) is 4. The van der Waals surface area contributed by atoms with Crippen molar-refractivity contribution in [2.24, 2.45) is 0 Å². The maximum absolute atomic E-state index is 12.7. The van der Waals surface area contributed by atoms with Crippen LogP contribution in [0, 0.1) is 0 Å². The van der Waals surface area contributed by atoms with Gasteiger partial charge < -0.3 is 30.3 Å². The number of amides is 1. The summed E-state index contributed by atoms with van der Waals surface area (Å²) in [6.45, 7) is 1.57. The molecule has 0 aliphatic carbocycles. The van der Waals surface area contributed by atoms with E-state index in [4.69, 9.17) is 9.47 Å². The predicted molar refractivity (Wildman–Crippen MR) is 139 cm³/mol. The Balaban J connectivity index is 1.54. The van der Waals surface area contributed by atoms with E-state index in [0.29, 0.717) is 30.9 Å². The average molecular weight is 546 g/mol. The van der Waals surface area contributed by atoms with E-state index in [9.17, 15) is 18.0 Å². The quantitative estimate of drug-likeness (QED) is 0.440. The number of alkyl halides is 3. The van der Waals surface area contributed by atoms with Crippen molar-refractivity contribution in [3.63, 3.8) is 0 Å². The lowest BCUT2D eigenvalue weighted by Crippen LogP contribution is -2.29. The van der Waals surface area contributed by atoms with Crippen molar-refractivity contribution in [2.75, 3.05) is 50.5 Å². The van der Waals surface area contributed by atoms with Gasteiger partial charge in [-0.3, -0.25) is 4.79 Å². The summed E-state index contributed by atoms with van der Waals surface area (Å²) in [5.41, 5.74) is 1.88. The minimum absolute atomic E-state index is 0.0239. The molecule has 0 fully saturated rings. The van der Waals surface area contributed by atoms with Crippen LogP contribution in [0.2, 0.25) is 0 Å². The van der Waals surface area contributed by atoms with Gasteiger partial charge in [-0.25, -0.2) is 0 Å². The Morgan fingerprint density at radius 3 is 2.41 bits per heavy atom. The molecule has 0 radical (unpaired) electrons. The van der Waals surface area contributed by atoms with Gasteiger partial charge in [0.05, 0.1) is 6.61 Å². The van der Waals surface area contributed by atoms with Crippen LogP contribution in [0.3, 0.4) is 0 Å². The second kappa shape index (κ2) is 13.1. The molecule has 3 aromatic rings. The van der Waals surface area contributed by atoms with Crippen LogP contribution in [0.1, 0.15) is 28.8 Å². The molecule has 13 heteroatoms. The molecule has 3 N–H and O–H groups in total. The Bertz CT molecular complexity index is 1220. The number of halogens is 3. The van der Waals surface area contributed by atoms with Gasteiger partial charge in [0, 0.05) is 30.9 Å². The molecule has 4 aliphatic heterocycles. The lowest BCUT2D eigenvalue weighted by molar-refractivity contribution is -0.154. The molecule has 1 aromatic heterocycles. The summed E-state index contributed by atoms with van der Waals surface area (Å²) in [5.74, 6) is 0.537. The Kier molecular flexibility index (Phi) is 9.36. The van der Waals surface area contributed by atoms with Crippen molar-refractivity contribution < 1.29 is 27.4 Å². The van der Waals surface area contributed by atoms with Crippen LogP contribution in [-0.4, -0.2) is 71.8 Å². The molecule has 4 aliphatic rings. The third-order valence-electron chi connectivity index (χ3n) is 5.71. The minimum atomic E-state index is -4.55. The van der Waals surface area contributed by atoms with E-state index < -0.39 is 18.8 Å². The molecular weight excluding hydrogens is 515 g/mol. The summed E-state index contributed by atoms with van der Waals surface area (Å²) in [4.78, 5) is 26.9. The zero-order valence-electron chi connectivity index (χ0n) is 21.4. The zero-order chi connectivity index (χ0) is 27.7. The molecule has 208 valence electrons. The van der Waals surface area contributed by atoms with Crippen LogP contribution >= 0.6 is 0 Å². The van der Waals surface area contributed by atoms with Crippen LogP contribution < -0.4 is 25.4 Å². The van der Waals surface area contributed by atoms with Gasteiger partial charge in [0.1, 0.15) is 5.75 Å². The fourth-order valence-corrected chi connectivity index (χ4v) is 3.71. The Labute approximate surface area is 224 Å². The standard InChI is InChI=1S/C26H30F3N7O3/c1-36-13-2-12-30-22(37)19-6-8-20(9-7-19)32-24-33-23(34-25(35-24)39-17-26(27,28)29)31-16-18-4-10-21(11-5-18)38-15-3-14-36/h4-11H,2-3,12-17H2,1H3,(H,30,37)(H2,31,32,33,34,35). The zero-order valence-corrected chi connectivity index (χ0v) is 21.4. The van der Waals surface area contributed by atoms with E-state index in [-0.39, 0.29) is 17.8 Å². The SMILES string of the molecule is CN1CCCNC(=O)c2ccc(cc2)Nc2nc(nc(OCC(F)(F)F)n2)NCc2ccc(cc2)OCCC1. The molecular formula is C26H30F3N7O3. The number of anilines is 3. The van der Waals surface area contributed by atoms with Gasteiger partial charge in [-0.1, -0.05) is 12.1 Å². The van der Waals surface area contributed by atoms with E-state index >= 15 is 0 Å². The molecule has 1 amide bonds. The number of hydrogen-bond acceptors (Lipinski definition) is 9. The molecule has 6 bridgehead atoms. The molecule has 0 spiro atoms. The highest BCUT2D eigenvalue weighted by molar-refractivity contribution is 5.94. The van der Waals surface area contributed by atoms with Crippen molar-refractivity contribution in [2.45, 2.75) is 25.6 Å². The van der Waals surface area contributed by atoms with Crippen LogP contribution in [0.25, 0.3) is 0 Å². The fourth-order valence-electron chi connectivity index (χ4n) is 3.71. The predicted octanol–water partition coefficient (Wildman–Crippen LogP) is 4.00. The third kappa shape index (κ3) is 9.28. The molecule has 39 heavy (non-hydrogen) atoms. The largest absolute Gasteiger partial charge is 0.494 e. The van der Waals surface area contributed by atoms with Crippen LogP contribution in [-0.2, 0) is 6.54 Å². The number of rotatable bonds is 2. The normalized spacial score (nSPS) is 15.8. The topological polar surface area (TPSA) is 114 Å². The third-order valence-corrected chi connectivity index (χ3v) is 5.71. The number of benzene rings is 2. The van der Waals surface area contributed by atoms with E-state index in [1.54, 1.807) is 24.3 Å². The van der Waals surface area contributed by atoms with Crippen molar-refractivity contribution in [1.29, 1.82) is 0 Å². The highest BCUT2D eigenvalue weighted by atomic mass is 19.4. The minimum Gasteiger partial charge on any atom is -0.494 e. The number of carbonyl (C=O) groups is 1. The van der Waals surface area contributed by atoms with Gasteiger partial charge in [0.25, 0.3) is 5.91 Å². The van der Waals surface area contributed by atoms with Gasteiger partial charge in [-0.05, 0) is 68.4 Å². The van der Waals surface area contributed by atoms with Crippen molar-refractivity contribution in [3.8, 4) is 11.8 Å². The first-order chi connectivity index (χ1) is 18.7. The molecule has 7 rings (SSSR count). The number of aromatic nitrogens is 3. The smallest absolute Gasteiger partial charge is 0.422 e. The Morgan fingerprint density at radius 1 is 0.949 bits per heavy atom. The highest BCUT2D eigenvalue weighted by Gasteiger charge is 2.29. The Morgan fingerprint density at radius 2 is 1.67 bits per heavy atom. The first-order valence-electron chi connectivity index (χ1n) is 12.5. The van der Waals surface area contributed by atoms with Gasteiger partial charge >= 0.3 is 12.2 Å². The second-order valence-electron chi connectivity index (χ2n) is 8.98. The van der Waals surface area contributed by atoms with Gasteiger partial charge in [0.15, 0.2) is 6.61 Å². The summed E-state index contributed by atoms with van der Waals surface area (Å²) in [7, 11) is 2.04. The number of hydrogen-bond donors (Lipinski definition) is 3. The monoisotopic (exact) mass is 545 g/mol. The summed E-state index contributed by atoms with van der Waals surface area (Å²) in [6, 6.07) is 13.5. The number of nitrogens with one attached hydrogen (secondary N) is 3. The number of carbonyl (C=O) groups excluding carboxylic acids is 1. The van der Waals surface area contributed by atoms with Crippen molar-refractivity contribution in [3.05, 3.63) is 59.7 Å². The molecule has 0 unspecified atom stereocenters. The molecule has 0 atom stereocenters. The lowest BCUT2D eigenvalue weighted by atomic mass is 10.2. The summed E-state index contributed by atoms with van der Waals surface area (Å²) < 4.78 is 48.7. The molecule has 10 nitrogen and oxygen atoms in total. The number of ether oxygens (including phenoxy) is 2. The summed E-state index contributed by atoms with van der Waals surface area (Å²) >= 11 is 0. The van der Waals surface area contributed by atoms with Crippen molar-refractivity contribution >= 4 is 23.5 Å². The lowest BCUT2D eigenvalue weighted by Gasteiger charge is -2.17. The van der Waals surface area contributed by atoms with E-state index in [2.05, 4.69) is 35.8 Å². The van der Waals surface area contributed by atoms with Crippen LogP contribution in [0.5, 0.6) is 11.8 Å². The molecule has 2 aromatic carbocycles. The Hall–Kier alpha value is -4.13. The summed E-state index contributed by atoms with van der Waals surface area (Å²) in [5, 5.41) is 8.82. The van der Waals surface area contributed by atoms with Crippen molar-refractivity contribution in [1.82, 2.24) is 25.2 Å². The first kappa shape index (κ1) is 27.9. The first-order valence-corrected chi connectivity index (χ1v) is 12.5. The van der Waals surface area contributed by atoms with E-state index in [1.165, 1.54) is 0 Å². The molecule has 0 saturated heterocycles. The summed E-state index contributed by atoms with van der Waals surface area (Å²) in [6.07, 6.45) is -2.89. The highest BCUT2D eigenvalue weighted by Crippen LogP contribution is 2.21. The second-order valence-corrected chi connectivity index (χ2v) is 8.98. The maximum atomic E-state index is 12.7. The van der Waals surface area contributed by atoms with E-state index in [0.717, 1.165) is 37.2 Å². The fraction of sp³-hybridized carbons (Fsp3) is 0.385. The van der Waals surface area contributed by atoms with E-state index in [1.807, 2.05) is 31.3 Å². The maximum Gasteiger partial charge on any atom is 0.422 e.